The standard InChI is InChI=1S/C22H22BrN5O3/c23-14-10-28(22-19(14)15(25)2-4-27-22)16-7-18(21(30)20(16)29)31-17-6-11(8-24)5-12-1-3-26-9-13(12)17/h2,4-6,10,16,18,20-21,26,29-30H,1,3,7,9H2,(H2,25,27)/t16?,18?,20-,21+/m0/s1. The first-order valence-corrected chi connectivity index (χ1v) is 11.0. The number of nitriles is 1. The summed E-state index contributed by atoms with van der Waals surface area (Å²) in [6.07, 6.45) is 1.91. The van der Waals surface area contributed by atoms with Crippen molar-refractivity contribution in [3.05, 3.63) is 51.8 Å². The van der Waals surface area contributed by atoms with E-state index in [1.54, 1.807) is 18.3 Å². The molecule has 0 bridgehead atoms. The van der Waals surface area contributed by atoms with Gasteiger partial charge in [0, 0.05) is 41.1 Å². The molecule has 3 heterocycles. The molecule has 0 radical (unpaired) electrons. The number of nitrogen functional groups attached to an aromatic ring is 1. The van der Waals surface area contributed by atoms with Crippen molar-refractivity contribution in [3.63, 3.8) is 0 Å². The lowest BCUT2D eigenvalue weighted by Crippen LogP contribution is -2.35. The van der Waals surface area contributed by atoms with Gasteiger partial charge in [-0.15, -0.1) is 0 Å². The van der Waals surface area contributed by atoms with Crippen molar-refractivity contribution < 1.29 is 14.9 Å². The van der Waals surface area contributed by atoms with E-state index in [0.717, 1.165) is 34.0 Å². The van der Waals surface area contributed by atoms with E-state index in [-0.39, 0.29) is 0 Å². The number of ether oxygens (including phenoxy) is 1. The molecule has 0 amide bonds. The molecule has 0 spiro atoms. The minimum atomic E-state index is -1.08. The van der Waals surface area contributed by atoms with Gasteiger partial charge in [-0.05, 0) is 52.7 Å². The summed E-state index contributed by atoms with van der Waals surface area (Å²) in [6, 6.07) is 7.08. The second-order valence-corrected chi connectivity index (χ2v) is 8.93. The number of nitrogens with two attached hydrogens (primary N) is 1. The minimum Gasteiger partial charge on any atom is -0.487 e. The van der Waals surface area contributed by atoms with Crippen LogP contribution in [-0.2, 0) is 13.0 Å². The molecule has 1 saturated carbocycles. The highest BCUT2D eigenvalue weighted by Crippen LogP contribution is 2.40. The predicted molar refractivity (Wildman–Crippen MR) is 118 cm³/mol. The van der Waals surface area contributed by atoms with E-state index >= 15 is 0 Å². The van der Waals surface area contributed by atoms with Crippen LogP contribution in [0.25, 0.3) is 11.0 Å². The number of nitrogens with zero attached hydrogens (tertiary/aromatic N) is 3. The molecule has 1 aromatic carbocycles. The van der Waals surface area contributed by atoms with E-state index in [4.69, 9.17) is 10.5 Å². The minimum absolute atomic E-state index is 0.383. The highest BCUT2D eigenvalue weighted by molar-refractivity contribution is 9.10. The van der Waals surface area contributed by atoms with Crippen molar-refractivity contribution in [1.29, 1.82) is 5.26 Å². The largest absolute Gasteiger partial charge is 0.487 e. The molecule has 160 valence electrons. The van der Waals surface area contributed by atoms with E-state index in [1.807, 2.05) is 16.8 Å². The third-order valence-electron chi connectivity index (χ3n) is 6.24. The number of halogens is 1. The van der Waals surface area contributed by atoms with Crippen LogP contribution >= 0.6 is 15.9 Å². The number of hydrogen-bond donors (Lipinski definition) is 4. The molecule has 1 aliphatic carbocycles. The van der Waals surface area contributed by atoms with Crippen LogP contribution in [0.3, 0.4) is 0 Å². The molecule has 3 aromatic rings. The second-order valence-electron chi connectivity index (χ2n) is 8.07. The van der Waals surface area contributed by atoms with Crippen molar-refractivity contribution in [2.24, 2.45) is 0 Å². The zero-order valence-corrected chi connectivity index (χ0v) is 18.2. The Balaban J connectivity index is 1.48. The molecule has 5 N–H and O–H groups in total. The Kier molecular flexibility index (Phi) is 5.10. The van der Waals surface area contributed by atoms with Gasteiger partial charge in [-0.25, -0.2) is 4.98 Å². The summed E-state index contributed by atoms with van der Waals surface area (Å²) in [5.74, 6) is 0.582. The Bertz CT molecular complexity index is 1200. The Labute approximate surface area is 187 Å². The van der Waals surface area contributed by atoms with E-state index in [0.29, 0.717) is 35.6 Å². The molecule has 1 fully saturated rings. The zero-order valence-electron chi connectivity index (χ0n) is 16.6. The number of benzene rings is 1. The summed E-state index contributed by atoms with van der Waals surface area (Å²) >= 11 is 3.52. The van der Waals surface area contributed by atoms with Crippen molar-refractivity contribution in [2.45, 2.75) is 43.7 Å². The number of nitrogens with one attached hydrogen (secondary N) is 1. The summed E-state index contributed by atoms with van der Waals surface area (Å²) in [7, 11) is 0. The van der Waals surface area contributed by atoms with Crippen LogP contribution in [0.2, 0.25) is 0 Å². The van der Waals surface area contributed by atoms with Crippen LogP contribution in [0.1, 0.15) is 29.2 Å². The van der Waals surface area contributed by atoms with Crippen LogP contribution in [-0.4, -0.2) is 44.6 Å². The number of aliphatic hydroxyl groups excluding tert-OH is 2. The normalized spacial score (nSPS) is 25.4. The highest BCUT2D eigenvalue weighted by atomic mass is 79.9. The fourth-order valence-corrected chi connectivity index (χ4v) is 5.29. The maximum absolute atomic E-state index is 10.8. The van der Waals surface area contributed by atoms with Gasteiger partial charge in [0.1, 0.15) is 29.7 Å². The highest BCUT2D eigenvalue weighted by Gasteiger charge is 2.45. The van der Waals surface area contributed by atoms with Crippen molar-refractivity contribution in [3.8, 4) is 11.8 Å². The Hall–Kier alpha value is -2.64. The van der Waals surface area contributed by atoms with Crippen molar-refractivity contribution in [1.82, 2.24) is 14.9 Å². The first-order chi connectivity index (χ1) is 15.0. The summed E-state index contributed by atoms with van der Waals surface area (Å²) < 4.78 is 8.84. The van der Waals surface area contributed by atoms with Crippen LogP contribution in [0.15, 0.2) is 35.1 Å². The van der Waals surface area contributed by atoms with Crippen LogP contribution in [0.5, 0.6) is 5.75 Å². The number of aliphatic hydroxyl groups is 2. The van der Waals surface area contributed by atoms with Gasteiger partial charge < -0.3 is 30.6 Å². The molecule has 9 heteroatoms. The molecule has 2 aromatic heterocycles. The van der Waals surface area contributed by atoms with Crippen LogP contribution in [0, 0.1) is 11.3 Å². The van der Waals surface area contributed by atoms with Crippen LogP contribution in [0.4, 0.5) is 5.69 Å². The molecule has 4 atom stereocenters. The van der Waals surface area contributed by atoms with Gasteiger partial charge in [0.05, 0.1) is 23.1 Å². The molecule has 2 aliphatic rings. The monoisotopic (exact) mass is 483 g/mol. The van der Waals surface area contributed by atoms with Gasteiger partial charge in [-0.2, -0.15) is 5.26 Å². The molecule has 31 heavy (non-hydrogen) atoms. The maximum Gasteiger partial charge on any atom is 0.143 e. The number of hydrogen-bond acceptors (Lipinski definition) is 7. The third-order valence-corrected chi connectivity index (χ3v) is 6.84. The number of anilines is 1. The fourth-order valence-electron chi connectivity index (χ4n) is 4.66. The Morgan fingerprint density at radius 3 is 2.97 bits per heavy atom. The first-order valence-electron chi connectivity index (χ1n) is 10.2. The molecule has 5 rings (SSSR count). The number of aromatic nitrogens is 2. The van der Waals surface area contributed by atoms with Gasteiger partial charge in [0.25, 0.3) is 0 Å². The molecular formula is C22H22BrN5O3. The summed E-state index contributed by atoms with van der Waals surface area (Å²) in [5.41, 5.74) is 9.93. The van der Waals surface area contributed by atoms with Gasteiger partial charge in [-0.1, -0.05) is 0 Å². The molecule has 2 unspecified atom stereocenters. The van der Waals surface area contributed by atoms with E-state index in [1.165, 1.54) is 0 Å². The number of fused-ring (bicyclic) bond motifs is 2. The average Bonchev–Trinajstić information content (AvgIpc) is 3.25. The third kappa shape index (κ3) is 3.36. The van der Waals surface area contributed by atoms with Gasteiger partial charge in [0.15, 0.2) is 0 Å². The van der Waals surface area contributed by atoms with E-state index < -0.39 is 24.4 Å². The molecule has 8 nitrogen and oxygen atoms in total. The Morgan fingerprint density at radius 1 is 1.32 bits per heavy atom. The summed E-state index contributed by atoms with van der Waals surface area (Å²) in [6.45, 7) is 1.49. The summed E-state index contributed by atoms with van der Waals surface area (Å²) in [4.78, 5) is 4.43. The van der Waals surface area contributed by atoms with E-state index in [9.17, 15) is 15.5 Å². The quantitative estimate of drug-likeness (QED) is 0.448. The van der Waals surface area contributed by atoms with Crippen LogP contribution < -0.4 is 15.8 Å². The lowest BCUT2D eigenvalue weighted by Gasteiger charge is -2.24. The van der Waals surface area contributed by atoms with Gasteiger partial charge in [0.2, 0.25) is 0 Å². The topological polar surface area (TPSA) is 129 Å². The lowest BCUT2D eigenvalue weighted by molar-refractivity contribution is -0.0166. The molecular weight excluding hydrogens is 462 g/mol. The second kappa shape index (κ2) is 7.80. The van der Waals surface area contributed by atoms with Gasteiger partial charge >= 0.3 is 0 Å². The average molecular weight is 484 g/mol. The predicted octanol–water partition coefficient (Wildman–Crippen LogP) is 2.01. The first kappa shape index (κ1) is 20.3. The SMILES string of the molecule is N#Cc1cc2c(c(OC3CC(n4cc(Br)c5c(N)ccnc54)[C@H](O)[C@@H]3O)c1)CNCC2. The fraction of sp³-hybridized carbons (Fsp3) is 0.364. The van der Waals surface area contributed by atoms with Gasteiger partial charge in [-0.3, -0.25) is 0 Å². The zero-order chi connectivity index (χ0) is 21.7. The molecule has 0 saturated heterocycles. The maximum atomic E-state index is 10.8. The lowest BCUT2D eigenvalue weighted by atomic mass is 9.97. The van der Waals surface area contributed by atoms with E-state index in [2.05, 4.69) is 32.3 Å². The van der Waals surface area contributed by atoms with Crippen molar-refractivity contribution in [2.75, 3.05) is 12.3 Å². The Morgan fingerprint density at radius 2 is 2.16 bits per heavy atom. The summed E-state index contributed by atoms with van der Waals surface area (Å²) in [5, 5.41) is 35.1. The molecule has 1 aliphatic heterocycles. The van der Waals surface area contributed by atoms with Crippen molar-refractivity contribution >= 4 is 32.7 Å². The number of pyridine rings is 1. The smallest absolute Gasteiger partial charge is 0.143 e. The number of rotatable bonds is 3.